The lowest BCUT2D eigenvalue weighted by Crippen LogP contribution is -2.33. The number of hydrogen-bond acceptors (Lipinski definition) is 3. The summed E-state index contributed by atoms with van der Waals surface area (Å²) in [6.45, 7) is 1.71. The van der Waals surface area contributed by atoms with Gasteiger partial charge >= 0.3 is 0 Å². The first-order valence-electron chi connectivity index (χ1n) is 4.89. The molecule has 0 saturated carbocycles. The van der Waals surface area contributed by atoms with Gasteiger partial charge in [0.1, 0.15) is 18.5 Å². The quantitative estimate of drug-likeness (QED) is 0.818. The standard InChI is InChI=1S/C11H14ClNO3/c1-8(14)13-6-10(15)7-16-11-4-2-9(12)3-5-11/h2-5,10,15H,6-7H2,1H3,(H,13,14). The van der Waals surface area contributed by atoms with E-state index in [1.54, 1.807) is 24.3 Å². The molecule has 0 bridgehead atoms. The largest absolute Gasteiger partial charge is 0.491 e. The summed E-state index contributed by atoms with van der Waals surface area (Å²) in [4.78, 5) is 10.6. The predicted octanol–water partition coefficient (Wildman–Crippen LogP) is 1.22. The number of hydrogen-bond donors (Lipinski definition) is 2. The minimum atomic E-state index is -0.723. The van der Waals surface area contributed by atoms with E-state index in [9.17, 15) is 9.90 Å². The zero-order valence-corrected chi connectivity index (χ0v) is 9.70. The molecular formula is C11H14ClNO3. The van der Waals surface area contributed by atoms with Crippen molar-refractivity contribution >= 4 is 17.5 Å². The fourth-order valence-electron chi connectivity index (χ4n) is 1.04. The van der Waals surface area contributed by atoms with E-state index >= 15 is 0 Å². The van der Waals surface area contributed by atoms with Gasteiger partial charge in [0.25, 0.3) is 0 Å². The van der Waals surface area contributed by atoms with Crippen LogP contribution in [0.2, 0.25) is 5.02 Å². The molecule has 1 rings (SSSR count). The third-order valence-corrected chi connectivity index (χ3v) is 2.09. The van der Waals surface area contributed by atoms with Gasteiger partial charge in [-0.2, -0.15) is 0 Å². The molecule has 0 spiro atoms. The molecule has 0 heterocycles. The van der Waals surface area contributed by atoms with Gasteiger partial charge in [0.2, 0.25) is 5.91 Å². The Morgan fingerprint density at radius 1 is 1.50 bits per heavy atom. The highest BCUT2D eigenvalue weighted by atomic mass is 35.5. The van der Waals surface area contributed by atoms with Crippen LogP contribution in [0.5, 0.6) is 5.75 Å². The van der Waals surface area contributed by atoms with Gasteiger partial charge in [0.05, 0.1) is 0 Å². The van der Waals surface area contributed by atoms with Gasteiger partial charge < -0.3 is 15.2 Å². The number of carbonyl (C=O) groups excluding carboxylic acids is 1. The van der Waals surface area contributed by atoms with Crippen LogP contribution >= 0.6 is 11.6 Å². The molecule has 1 atom stereocenters. The molecule has 1 aromatic carbocycles. The van der Waals surface area contributed by atoms with Gasteiger partial charge in [0, 0.05) is 18.5 Å². The van der Waals surface area contributed by atoms with Crippen molar-refractivity contribution in [2.24, 2.45) is 0 Å². The molecule has 16 heavy (non-hydrogen) atoms. The Labute approximate surface area is 99.2 Å². The Kier molecular flexibility index (Phi) is 5.08. The SMILES string of the molecule is CC(=O)NCC(O)COc1ccc(Cl)cc1. The van der Waals surface area contributed by atoms with Crippen LogP contribution in [0.1, 0.15) is 6.92 Å². The van der Waals surface area contributed by atoms with Gasteiger partial charge in [-0.15, -0.1) is 0 Å². The number of aliphatic hydroxyl groups is 1. The maximum atomic E-state index is 10.6. The van der Waals surface area contributed by atoms with Crippen molar-refractivity contribution in [3.05, 3.63) is 29.3 Å². The van der Waals surface area contributed by atoms with Crippen LogP contribution in [0.15, 0.2) is 24.3 Å². The maximum absolute atomic E-state index is 10.6. The monoisotopic (exact) mass is 243 g/mol. The van der Waals surface area contributed by atoms with Crippen molar-refractivity contribution in [1.29, 1.82) is 0 Å². The van der Waals surface area contributed by atoms with Crippen LogP contribution in [0.25, 0.3) is 0 Å². The minimum absolute atomic E-state index is 0.127. The number of carbonyl (C=O) groups is 1. The summed E-state index contributed by atoms with van der Waals surface area (Å²) >= 11 is 5.71. The Balaban J connectivity index is 2.28. The van der Waals surface area contributed by atoms with Crippen LogP contribution in [0.4, 0.5) is 0 Å². The van der Waals surface area contributed by atoms with E-state index in [-0.39, 0.29) is 19.1 Å². The van der Waals surface area contributed by atoms with Gasteiger partial charge in [-0.25, -0.2) is 0 Å². The van der Waals surface area contributed by atoms with Crippen molar-refractivity contribution in [2.75, 3.05) is 13.2 Å². The van der Waals surface area contributed by atoms with E-state index in [2.05, 4.69) is 5.32 Å². The zero-order chi connectivity index (χ0) is 12.0. The van der Waals surface area contributed by atoms with Gasteiger partial charge in [-0.05, 0) is 24.3 Å². The van der Waals surface area contributed by atoms with Gasteiger partial charge in [-0.3, -0.25) is 4.79 Å². The normalized spacial score (nSPS) is 11.9. The number of halogens is 1. The summed E-state index contributed by atoms with van der Waals surface area (Å²) in [6.07, 6.45) is -0.723. The summed E-state index contributed by atoms with van der Waals surface area (Å²) < 4.78 is 5.30. The molecule has 1 amide bonds. The van der Waals surface area contributed by atoms with E-state index in [1.807, 2.05) is 0 Å². The topological polar surface area (TPSA) is 58.6 Å². The molecule has 0 radical (unpaired) electrons. The van der Waals surface area contributed by atoms with Crippen molar-refractivity contribution in [3.63, 3.8) is 0 Å². The number of benzene rings is 1. The van der Waals surface area contributed by atoms with Crippen LogP contribution in [0.3, 0.4) is 0 Å². The fraction of sp³-hybridized carbons (Fsp3) is 0.364. The van der Waals surface area contributed by atoms with E-state index in [0.717, 1.165) is 0 Å². The van der Waals surface area contributed by atoms with E-state index in [1.165, 1.54) is 6.92 Å². The molecule has 1 aromatic rings. The lowest BCUT2D eigenvalue weighted by molar-refractivity contribution is -0.119. The Bertz CT molecular complexity index is 340. The van der Waals surface area contributed by atoms with Gasteiger partial charge in [-0.1, -0.05) is 11.6 Å². The number of rotatable bonds is 5. The molecule has 88 valence electrons. The Morgan fingerprint density at radius 2 is 2.12 bits per heavy atom. The molecule has 5 heteroatoms. The molecule has 4 nitrogen and oxygen atoms in total. The number of nitrogens with one attached hydrogen (secondary N) is 1. The lowest BCUT2D eigenvalue weighted by Gasteiger charge is -2.12. The molecule has 0 aliphatic carbocycles. The first kappa shape index (κ1) is 12.8. The Hall–Kier alpha value is -1.26. The average Bonchev–Trinajstić information content (AvgIpc) is 2.25. The second-order valence-corrected chi connectivity index (χ2v) is 3.79. The van der Waals surface area contributed by atoms with Crippen LogP contribution < -0.4 is 10.1 Å². The van der Waals surface area contributed by atoms with Crippen LogP contribution in [-0.2, 0) is 4.79 Å². The lowest BCUT2D eigenvalue weighted by atomic mass is 10.3. The molecular weight excluding hydrogens is 230 g/mol. The summed E-state index contributed by atoms with van der Waals surface area (Å²) in [5.74, 6) is 0.455. The van der Waals surface area contributed by atoms with Crippen LogP contribution in [-0.4, -0.2) is 30.3 Å². The molecule has 0 fully saturated rings. The predicted molar refractivity (Wildman–Crippen MR) is 61.6 cm³/mol. The third kappa shape index (κ3) is 5.00. The maximum Gasteiger partial charge on any atom is 0.216 e. The van der Waals surface area contributed by atoms with Crippen molar-refractivity contribution in [1.82, 2.24) is 5.32 Å². The first-order chi connectivity index (χ1) is 7.58. The molecule has 0 aliphatic rings. The molecule has 2 N–H and O–H groups in total. The van der Waals surface area contributed by atoms with Crippen molar-refractivity contribution in [3.8, 4) is 5.75 Å². The number of aliphatic hydroxyl groups excluding tert-OH is 1. The van der Waals surface area contributed by atoms with Crippen LogP contribution in [0, 0.1) is 0 Å². The third-order valence-electron chi connectivity index (χ3n) is 1.84. The highest BCUT2D eigenvalue weighted by molar-refractivity contribution is 6.30. The number of amides is 1. The van der Waals surface area contributed by atoms with Crippen molar-refractivity contribution < 1.29 is 14.6 Å². The molecule has 0 aromatic heterocycles. The molecule has 0 aliphatic heterocycles. The van der Waals surface area contributed by atoms with Crippen molar-refractivity contribution in [2.45, 2.75) is 13.0 Å². The summed E-state index contributed by atoms with van der Waals surface area (Å²) in [7, 11) is 0. The van der Waals surface area contributed by atoms with E-state index in [4.69, 9.17) is 16.3 Å². The highest BCUT2D eigenvalue weighted by Crippen LogP contribution is 2.15. The minimum Gasteiger partial charge on any atom is -0.491 e. The Morgan fingerprint density at radius 3 is 2.69 bits per heavy atom. The highest BCUT2D eigenvalue weighted by Gasteiger charge is 2.05. The summed E-state index contributed by atoms with van der Waals surface area (Å²) in [5, 5.41) is 12.6. The number of ether oxygens (including phenoxy) is 1. The average molecular weight is 244 g/mol. The summed E-state index contributed by atoms with van der Waals surface area (Å²) in [6, 6.07) is 6.84. The smallest absolute Gasteiger partial charge is 0.216 e. The second-order valence-electron chi connectivity index (χ2n) is 3.36. The fourth-order valence-corrected chi connectivity index (χ4v) is 1.17. The molecule has 0 saturated heterocycles. The zero-order valence-electron chi connectivity index (χ0n) is 8.94. The molecule has 1 unspecified atom stereocenters. The second kappa shape index (κ2) is 6.35. The van der Waals surface area contributed by atoms with E-state index in [0.29, 0.717) is 10.8 Å². The first-order valence-corrected chi connectivity index (χ1v) is 5.26. The van der Waals surface area contributed by atoms with Gasteiger partial charge in [0.15, 0.2) is 0 Å². The van der Waals surface area contributed by atoms with E-state index < -0.39 is 6.10 Å². The summed E-state index contributed by atoms with van der Waals surface area (Å²) in [5.41, 5.74) is 0.